The molecular formula is C7H14OS4. The van der Waals surface area contributed by atoms with E-state index in [1.54, 1.807) is 20.6 Å². The fraction of sp³-hybridized carbons (Fsp3) is 0.857. The van der Waals surface area contributed by atoms with Crippen LogP contribution in [-0.2, 0) is 4.74 Å². The van der Waals surface area contributed by atoms with Crippen LogP contribution in [0, 0.1) is 0 Å². The molecule has 0 aromatic carbocycles. The Morgan fingerprint density at radius 1 is 1.42 bits per heavy atom. The van der Waals surface area contributed by atoms with Crippen LogP contribution >= 0.6 is 43.6 Å². The number of rotatable bonds is 6. The van der Waals surface area contributed by atoms with Gasteiger partial charge in [-0.1, -0.05) is 24.1 Å². The molecule has 0 saturated heterocycles. The first-order valence-corrected chi connectivity index (χ1v) is 8.00. The molecule has 0 aliphatic carbocycles. The third-order valence-corrected chi connectivity index (χ3v) is 5.48. The third kappa shape index (κ3) is 9.03. The fourth-order valence-electron chi connectivity index (χ4n) is 0.431. The van der Waals surface area contributed by atoms with E-state index in [0.29, 0.717) is 11.0 Å². The van der Waals surface area contributed by atoms with Gasteiger partial charge in [0.2, 0.25) is 4.38 Å². The Kier molecular flexibility index (Phi) is 10.8. The summed E-state index contributed by atoms with van der Waals surface area (Å²) >= 11 is 4.94. The minimum Gasteiger partial charge on any atom is -0.478 e. The number of thiocarbonyl (C=S) groups is 1. The Balaban J connectivity index is 3.03. The monoisotopic (exact) mass is 242 g/mol. The van der Waals surface area contributed by atoms with Gasteiger partial charge < -0.3 is 4.74 Å². The summed E-state index contributed by atoms with van der Waals surface area (Å²) in [6.45, 7) is 4.82. The van der Waals surface area contributed by atoms with Crippen molar-refractivity contribution in [2.45, 2.75) is 26.7 Å². The second kappa shape index (κ2) is 10.0. The minimum atomic E-state index is 0.645. The Morgan fingerprint density at radius 3 is 2.75 bits per heavy atom. The molecule has 0 saturated carbocycles. The normalized spacial score (nSPS) is 9.83. The maximum atomic E-state index is 5.11. The molecule has 0 atom stereocenters. The summed E-state index contributed by atoms with van der Waals surface area (Å²) in [7, 11) is 5.09. The summed E-state index contributed by atoms with van der Waals surface area (Å²) in [6.07, 6.45) is 2.54. The van der Waals surface area contributed by atoms with E-state index in [-0.39, 0.29) is 0 Å². The highest BCUT2D eigenvalue weighted by Gasteiger charge is 1.97. The highest BCUT2D eigenvalue weighted by atomic mass is 33.5. The third-order valence-electron chi connectivity index (χ3n) is 0.994. The van der Waals surface area contributed by atoms with Crippen molar-refractivity contribution in [2.75, 3.05) is 12.4 Å². The molecule has 0 bridgehead atoms. The van der Waals surface area contributed by atoms with Crippen molar-refractivity contribution in [1.82, 2.24) is 0 Å². The maximum absolute atomic E-state index is 5.11. The van der Waals surface area contributed by atoms with Crippen LogP contribution < -0.4 is 0 Å². The Labute approximate surface area is 91.6 Å². The van der Waals surface area contributed by atoms with Crippen molar-refractivity contribution >= 4 is 48.0 Å². The van der Waals surface area contributed by atoms with Crippen LogP contribution in [0.5, 0.6) is 0 Å². The van der Waals surface area contributed by atoms with Crippen molar-refractivity contribution in [3.63, 3.8) is 0 Å². The van der Waals surface area contributed by atoms with Gasteiger partial charge in [-0.2, -0.15) is 0 Å². The topological polar surface area (TPSA) is 9.23 Å². The molecule has 0 radical (unpaired) electrons. The van der Waals surface area contributed by atoms with E-state index in [0.717, 1.165) is 0 Å². The molecule has 0 aromatic heterocycles. The maximum Gasteiger partial charge on any atom is 0.231 e. The zero-order valence-corrected chi connectivity index (χ0v) is 10.6. The van der Waals surface area contributed by atoms with Gasteiger partial charge >= 0.3 is 0 Å². The molecule has 0 N–H and O–H groups in total. The van der Waals surface area contributed by atoms with Gasteiger partial charge in [-0.25, -0.2) is 0 Å². The second-order valence-corrected chi connectivity index (χ2v) is 6.80. The molecule has 72 valence electrons. The van der Waals surface area contributed by atoms with Gasteiger partial charge in [0.05, 0.1) is 6.61 Å². The molecule has 0 aromatic rings. The van der Waals surface area contributed by atoms with E-state index in [9.17, 15) is 0 Å². The summed E-state index contributed by atoms with van der Waals surface area (Å²) in [6, 6.07) is 0. The summed E-state index contributed by atoms with van der Waals surface area (Å²) in [5, 5.41) is 0. The van der Waals surface area contributed by atoms with Crippen molar-refractivity contribution in [1.29, 1.82) is 0 Å². The first-order chi connectivity index (χ1) is 5.81. The zero-order valence-electron chi connectivity index (χ0n) is 7.37. The van der Waals surface area contributed by atoms with Crippen LogP contribution in [0.15, 0.2) is 0 Å². The minimum absolute atomic E-state index is 0.645. The predicted molar refractivity (Wildman–Crippen MR) is 66.8 cm³/mol. The molecule has 0 fully saturated rings. The quantitative estimate of drug-likeness (QED) is 0.392. The lowest BCUT2D eigenvalue weighted by molar-refractivity contribution is 0.346. The Morgan fingerprint density at radius 2 is 2.17 bits per heavy atom. The number of hydrogen-bond donors (Lipinski definition) is 0. The highest BCUT2D eigenvalue weighted by molar-refractivity contribution is 9.12. The molecule has 12 heavy (non-hydrogen) atoms. The van der Waals surface area contributed by atoms with Gasteiger partial charge in [0.25, 0.3) is 0 Å². The lowest BCUT2D eigenvalue weighted by Crippen LogP contribution is -1.92. The van der Waals surface area contributed by atoms with Gasteiger partial charge in [-0.3, -0.25) is 0 Å². The van der Waals surface area contributed by atoms with Crippen molar-refractivity contribution in [3.05, 3.63) is 0 Å². The van der Waals surface area contributed by atoms with Crippen LogP contribution in [0.25, 0.3) is 0 Å². The summed E-state index contributed by atoms with van der Waals surface area (Å²) in [4.78, 5) is 0. The molecule has 0 spiro atoms. The summed E-state index contributed by atoms with van der Waals surface area (Å²) in [5.41, 5.74) is 0. The van der Waals surface area contributed by atoms with Crippen LogP contribution in [-0.4, -0.2) is 16.7 Å². The molecule has 0 rings (SSSR count). The van der Waals surface area contributed by atoms with Crippen LogP contribution in [0.2, 0.25) is 0 Å². The van der Waals surface area contributed by atoms with Crippen LogP contribution in [0.3, 0.4) is 0 Å². The molecule has 0 heterocycles. The van der Waals surface area contributed by atoms with E-state index in [4.69, 9.17) is 17.0 Å². The van der Waals surface area contributed by atoms with Crippen molar-refractivity contribution < 1.29 is 4.74 Å². The number of hydrogen-bond acceptors (Lipinski definition) is 5. The Hall–Kier alpha value is 0.940. The van der Waals surface area contributed by atoms with E-state index in [1.807, 2.05) is 17.7 Å². The molecule has 0 unspecified atom stereocenters. The first-order valence-electron chi connectivity index (χ1n) is 3.94. The average molecular weight is 242 g/mol. The standard InChI is InChI=1S/C7H14OS4/c1-3-5-6-10-12-11-7(9)8-4-2/h3-6H2,1-2H3. The number of ether oxygens (including phenoxy) is 1. The van der Waals surface area contributed by atoms with E-state index >= 15 is 0 Å². The van der Waals surface area contributed by atoms with Crippen molar-refractivity contribution in [2.24, 2.45) is 0 Å². The highest BCUT2D eigenvalue weighted by Crippen LogP contribution is 2.36. The second-order valence-electron chi connectivity index (χ2n) is 2.01. The Bertz CT molecular complexity index is 118. The molecule has 1 nitrogen and oxygen atoms in total. The summed E-state index contributed by atoms with van der Waals surface area (Å²) in [5.74, 6) is 1.20. The van der Waals surface area contributed by atoms with Crippen molar-refractivity contribution in [3.8, 4) is 0 Å². The van der Waals surface area contributed by atoms with E-state index < -0.39 is 0 Å². The predicted octanol–water partition coefficient (Wildman–Crippen LogP) is 4.14. The van der Waals surface area contributed by atoms with Crippen LogP contribution in [0.1, 0.15) is 26.7 Å². The van der Waals surface area contributed by atoms with Gasteiger partial charge in [0.15, 0.2) is 0 Å². The molecule has 0 aliphatic heterocycles. The smallest absolute Gasteiger partial charge is 0.231 e. The average Bonchev–Trinajstić information content (AvgIpc) is 2.05. The van der Waals surface area contributed by atoms with Gasteiger partial charge in [-0.05, 0) is 35.4 Å². The summed E-state index contributed by atoms with van der Waals surface area (Å²) < 4.78 is 5.75. The molecule has 0 amide bonds. The zero-order chi connectivity index (χ0) is 9.23. The fourth-order valence-corrected chi connectivity index (χ4v) is 4.60. The number of unbranched alkanes of at least 4 members (excludes halogenated alkanes) is 1. The van der Waals surface area contributed by atoms with Gasteiger partial charge in [0.1, 0.15) is 0 Å². The SMILES string of the molecule is CCCCSSSC(=S)OCC. The van der Waals surface area contributed by atoms with E-state index in [2.05, 4.69) is 6.92 Å². The first kappa shape index (κ1) is 12.9. The van der Waals surface area contributed by atoms with Gasteiger partial charge in [-0.15, -0.1) is 0 Å². The van der Waals surface area contributed by atoms with Crippen LogP contribution in [0.4, 0.5) is 0 Å². The van der Waals surface area contributed by atoms with Gasteiger partial charge in [0, 0.05) is 16.5 Å². The molecule has 5 heteroatoms. The largest absolute Gasteiger partial charge is 0.478 e. The lowest BCUT2D eigenvalue weighted by atomic mass is 10.4. The molecule has 0 aliphatic rings. The van der Waals surface area contributed by atoms with E-state index in [1.165, 1.54) is 18.6 Å². The molecular weight excluding hydrogens is 228 g/mol. The lowest BCUT2D eigenvalue weighted by Gasteiger charge is -2.01.